The van der Waals surface area contributed by atoms with Crippen molar-refractivity contribution in [3.05, 3.63) is 143 Å². The molecule has 2 saturated heterocycles. The third-order valence-electron chi connectivity index (χ3n) is 9.46. The fraction of sp³-hybridized carbons (Fsp3) is 0.250. The summed E-state index contributed by atoms with van der Waals surface area (Å²) < 4.78 is 0. The third kappa shape index (κ3) is 6.12. The molecule has 0 spiro atoms. The summed E-state index contributed by atoms with van der Waals surface area (Å²) in [4.78, 5) is 22.1. The fourth-order valence-electron chi connectivity index (χ4n) is 7.08. The van der Waals surface area contributed by atoms with E-state index in [0.29, 0.717) is 12.1 Å². The number of H-pyrrole nitrogens is 2. The molecule has 0 radical (unpaired) electrons. The molecule has 0 amide bonds. The van der Waals surface area contributed by atoms with Crippen molar-refractivity contribution in [2.75, 3.05) is 13.1 Å². The standard InChI is InChI=1S/C40H38N6/c1-3-9-31(10-4-1)27-45-23-7-13-37(45)39-41-26-36(44-39)33-20-17-29(18-21-33)15-16-30-19-22-34-35(25-30)43-40(42-34)38-14-8-24-46(38)28-32-11-5-2-6-12-32/h1-6,9-12,17-22,25-26,37-38H,7-8,13-14,23-24,27-28H2,(H,41,44)(H,42,43). The van der Waals surface area contributed by atoms with Crippen molar-refractivity contribution in [3.63, 3.8) is 0 Å². The molecule has 0 saturated carbocycles. The Morgan fingerprint density at radius 2 is 1.26 bits per heavy atom. The maximum atomic E-state index is 4.98. The van der Waals surface area contributed by atoms with E-state index in [1.54, 1.807) is 0 Å². The van der Waals surface area contributed by atoms with Gasteiger partial charge in [-0.05, 0) is 85.8 Å². The van der Waals surface area contributed by atoms with E-state index in [9.17, 15) is 0 Å². The van der Waals surface area contributed by atoms with Gasteiger partial charge in [-0.1, -0.05) is 84.6 Å². The minimum atomic E-state index is 0.318. The number of hydrogen-bond donors (Lipinski definition) is 2. The van der Waals surface area contributed by atoms with Crippen LogP contribution in [0.25, 0.3) is 22.3 Å². The maximum absolute atomic E-state index is 4.98. The Morgan fingerprint density at radius 1 is 0.652 bits per heavy atom. The average molecular weight is 603 g/mol. The van der Waals surface area contributed by atoms with Crippen molar-refractivity contribution in [2.45, 2.75) is 50.9 Å². The predicted octanol–water partition coefficient (Wildman–Crippen LogP) is 8.03. The van der Waals surface area contributed by atoms with E-state index >= 15 is 0 Å². The van der Waals surface area contributed by atoms with Gasteiger partial charge in [0.2, 0.25) is 0 Å². The lowest BCUT2D eigenvalue weighted by Crippen LogP contribution is -2.23. The smallest absolute Gasteiger partial charge is 0.124 e. The summed E-state index contributed by atoms with van der Waals surface area (Å²) in [7, 11) is 0. The molecule has 6 aromatic rings. The second kappa shape index (κ2) is 12.8. The van der Waals surface area contributed by atoms with Crippen LogP contribution in [-0.4, -0.2) is 42.8 Å². The van der Waals surface area contributed by atoms with Crippen molar-refractivity contribution in [1.29, 1.82) is 0 Å². The SMILES string of the molecule is C(#Cc1ccc2nc(C3CCCN3Cc3ccccc3)[nH]c2c1)c1ccc(-c2cnc(C3CCCN3Cc3ccccc3)[nH]2)cc1. The number of aromatic amines is 2. The predicted molar refractivity (Wildman–Crippen MR) is 184 cm³/mol. The first kappa shape index (κ1) is 28.5. The quantitative estimate of drug-likeness (QED) is 0.182. The molecule has 2 N–H and O–H groups in total. The number of likely N-dealkylation sites (tertiary alicyclic amines) is 2. The van der Waals surface area contributed by atoms with E-state index in [0.717, 1.165) is 84.1 Å². The van der Waals surface area contributed by atoms with Crippen LogP contribution in [0.2, 0.25) is 0 Å². The van der Waals surface area contributed by atoms with Crippen LogP contribution in [0.1, 0.15) is 71.7 Å². The van der Waals surface area contributed by atoms with Crippen LogP contribution in [0.4, 0.5) is 0 Å². The lowest BCUT2D eigenvalue weighted by Gasteiger charge is -2.22. The summed E-state index contributed by atoms with van der Waals surface area (Å²) in [6.07, 6.45) is 6.62. The molecule has 4 aromatic carbocycles. The molecule has 0 bridgehead atoms. The molecule has 2 fully saturated rings. The number of aromatic nitrogens is 4. The molecule has 0 aliphatic carbocycles. The highest BCUT2D eigenvalue weighted by Crippen LogP contribution is 2.34. The minimum absolute atomic E-state index is 0.318. The van der Waals surface area contributed by atoms with Crippen LogP contribution in [0.5, 0.6) is 0 Å². The second-order valence-electron chi connectivity index (χ2n) is 12.6. The minimum Gasteiger partial charge on any atom is -0.341 e. The zero-order valence-corrected chi connectivity index (χ0v) is 26.0. The Labute approximate surface area is 270 Å². The van der Waals surface area contributed by atoms with Gasteiger partial charge in [0, 0.05) is 24.2 Å². The Balaban J connectivity index is 0.936. The van der Waals surface area contributed by atoms with Crippen molar-refractivity contribution >= 4 is 11.0 Å². The molecule has 4 heterocycles. The lowest BCUT2D eigenvalue weighted by atomic mass is 10.1. The zero-order chi connectivity index (χ0) is 30.7. The van der Waals surface area contributed by atoms with E-state index in [1.807, 2.05) is 6.20 Å². The Kier molecular flexibility index (Phi) is 7.93. The molecule has 2 aliphatic rings. The number of hydrogen-bond acceptors (Lipinski definition) is 4. The van der Waals surface area contributed by atoms with E-state index in [4.69, 9.17) is 9.97 Å². The summed E-state index contributed by atoms with van der Waals surface area (Å²) in [5.74, 6) is 8.83. The molecule has 228 valence electrons. The van der Waals surface area contributed by atoms with E-state index in [2.05, 4.69) is 135 Å². The van der Waals surface area contributed by atoms with Gasteiger partial charge in [0.15, 0.2) is 0 Å². The molecule has 6 heteroatoms. The second-order valence-corrected chi connectivity index (χ2v) is 12.6. The first-order chi connectivity index (χ1) is 22.7. The topological polar surface area (TPSA) is 63.8 Å². The summed E-state index contributed by atoms with van der Waals surface area (Å²) in [5.41, 5.74) is 8.88. The average Bonchev–Trinajstić information content (AvgIpc) is 3.92. The Morgan fingerprint density at radius 3 is 1.93 bits per heavy atom. The summed E-state index contributed by atoms with van der Waals surface area (Å²) in [6.45, 7) is 4.11. The highest BCUT2D eigenvalue weighted by atomic mass is 15.2. The molecule has 2 aromatic heterocycles. The molecule has 6 nitrogen and oxygen atoms in total. The molecule has 2 aliphatic heterocycles. The summed E-state index contributed by atoms with van der Waals surface area (Å²) in [6, 6.07) is 36.8. The first-order valence-electron chi connectivity index (χ1n) is 16.5. The number of nitrogens with zero attached hydrogens (tertiary/aromatic N) is 4. The highest BCUT2D eigenvalue weighted by Gasteiger charge is 2.29. The van der Waals surface area contributed by atoms with Crippen molar-refractivity contribution in [3.8, 4) is 23.1 Å². The van der Waals surface area contributed by atoms with E-state index in [1.165, 1.54) is 24.0 Å². The van der Waals surface area contributed by atoms with Gasteiger partial charge in [-0.3, -0.25) is 9.80 Å². The molecular weight excluding hydrogens is 564 g/mol. The van der Waals surface area contributed by atoms with Crippen molar-refractivity contribution in [2.24, 2.45) is 0 Å². The van der Waals surface area contributed by atoms with Crippen molar-refractivity contribution in [1.82, 2.24) is 29.7 Å². The van der Waals surface area contributed by atoms with Gasteiger partial charge in [-0.2, -0.15) is 0 Å². The van der Waals surface area contributed by atoms with Crippen LogP contribution >= 0.6 is 0 Å². The zero-order valence-electron chi connectivity index (χ0n) is 26.0. The lowest BCUT2D eigenvalue weighted by molar-refractivity contribution is 0.241. The van der Waals surface area contributed by atoms with Crippen LogP contribution in [0, 0.1) is 11.8 Å². The van der Waals surface area contributed by atoms with Gasteiger partial charge in [0.05, 0.1) is 35.0 Å². The number of benzene rings is 4. The van der Waals surface area contributed by atoms with E-state index < -0.39 is 0 Å². The molecule has 2 atom stereocenters. The highest BCUT2D eigenvalue weighted by molar-refractivity contribution is 5.77. The van der Waals surface area contributed by atoms with Crippen LogP contribution in [-0.2, 0) is 13.1 Å². The van der Waals surface area contributed by atoms with Crippen molar-refractivity contribution < 1.29 is 0 Å². The number of nitrogens with one attached hydrogen (secondary N) is 2. The van der Waals surface area contributed by atoms with Crippen LogP contribution in [0.15, 0.2) is 109 Å². The summed E-state index contributed by atoms with van der Waals surface area (Å²) in [5, 5.41) is 0. The van der Waals surface area contributed by atoms with Crippen LogP contribution in [0.3, 0.4) is 0 Å². The molecule has 8 rings (SSSR count). The number of rotatable bonds is 7. The van der Waals surface area contributed by atoms with Gasteiger partial charge >= 0.3 is 0 Å². The van der Waals surface area contributed by atoms with Crippen LogP contribution < -0.4 is 0 Å². The monoisotopic (exact) mass is 602 g/mol. The molecular formula is C40H38N6. The molecule has 46 heavy (non-hydrogen) atoms. The Bertz CT molecular complexity index is 1980. The van der Waals surface area contributed by atoms with Gasteiger partial charge in [0.25, 0.3) is 0 Å². The molecule has 2 unspecified atom stereocenters. The normalized spacial score (nSPS) is 18.6. The fourth-order valence-corrected chi connectivity index (χ4v) is 7.08. The largest absolute Gasteiger partial charge is 0.341 e. The number of imidazole rings is 2. The maximum Gasteiger partial charge on any atom is 0.124 e. The van der Waals surface area contributed by atoms with Gasteiger partial charge in [-0.15, -0.1) is 0 Å². The van der Waals surface area contributed by atoms with Gasteiger partial charge in [0.1, 0.15) is 11.6 Å². The summed E-state index contributed by atoms with van der Waals surface area (Å²) >= 11 is 0. The third-order valence-corrected chi connectivity index (χ3v) is 9.46. The van der Waals surface area contributed by atoms with Gasteiger partial charge < -0.3 is 9.97 Å². The van der Waals surface area contributed by atoms with E-state index in [-0.39, 0.29) is 0 Å². The number of fused-ring (bicyclic) bond motifs is 1. The van der Waals surface area contributed by atoms with Gasteiger partial charge in [-0.25, -0.2) is 9.97 Å². The Hall–Kier alpha value is -4.96. The first-order valence-corrected chi connectivity index (χ1v) is 16.5.